The fourth-order valence-electron chi connectivity index (χ4n) is 5.46. The molecule has 174 valence electrons. The maximum absolute atomic E-state index is 13.1. The predicted molar refractivity (Wildman–Crippen MR) is 130 cm³/mol. The van der Waals surface area contributed by atoms with Gasteiger partial charge in [0.05, 0.1) is 25.6 Å². The van der Waals surface area contributed by atoms with Gasteiger partial charge in [0, 0.05) is 30.4 Å². The Balaban J connectivity index is 1.33. The van der Waals surface area contributed by atoms with Crippen molar-refractivity contribution < 1.29 is 14.7 Å². The smallest absolute Gasteiger partial charge is 0.242 e. The lowest BCUT2D eigenvalue weighted by Gasteiger charge is -2.54. The van der Waals surface area contributed by atoms with E-state index in [0.717, 1.165) is 11.1 Å². The van der Waals surface area contributed by atoms with Gasteiger partial charge in [-0.25, -0.2) is 0 Å². The first-order valence-electron chi connectivity index (χ1n) is 11.8. The Kier molecular flexibility index (Phi) is 6.16. The monoisotopic (exact) mass is 455 g/mol. The van der Waals surface area contributed by atoms with Crippen molar-refractivity contribution >= 4 is 11.8 Å². The molecular weight excluding hydrogens is 426 g/mol. The number of pyridine rings is 1. The molecule has 0 spiro atoms. The molecule has 1 aromatic heterocycles. The van der Waals surface area contributed by atoms with E-state index in [-0.39, 0.29) is 49.4 Å². The van der Waals surface area contributed by atoms with Gasteiger partial charge in [0.25, 0.3) is 0 Å². The molecular formula is C28H29N3O3. The Morgan fingerprint density at radius 1 is 1.06 bits per heavy atom. The van der Waals surface area contributed by atoms with Crippen LogP contribution in [0.1, 0.15) is 29.2 Å². The van der Waals surface area contributed by atoms with Gasteiger partial charge in [-0.1, -0.05) is 54.6 Å². The standard InChI is InChI=1S/C28H29N3O3/c1-19-6-2-3-8-23(19)20-9-11-21(12-10-20)28-24-13-15-30(17-27(34)31(24)25(28)18-32)26(33)16-22-7-4-5-14-29-22/h2-12,14,24-25,28,32H,13,15-18H2,1H3/t24-,25+,28+/m0/s1. The third kappa shape index (κ3) is 4.10. The number of amides is 2. The van der Waals surface area contributed by atoms with Gasteiger partial charge in [-0.05, 0) is 47.7 Å². The SMILES string of the molecule is Cc1ccccc1-c1ccc([C@H]2[C@@H](CO)N3C(=O)CN(C(=O)Cc4ccccn4)CC[C@@H]23)cc1. The van der Waals surface area contributed by atoms with Crippen molar-refractivity contribution in [3.63, 3.8) is 0 Å². The molecule has 2 amide bonds. The first-order valence-corrected chi connectivity index (χ1v) is 11.8. The topological polar surface area (TPSA) is 73.7 Å². The molecule has 2 aromatic carbocycles. The fourth-order valence-corrected chi connectivity index (χ4v) is 5.46. The number of aromatic nitrogens is 1. The second kappa shape index (κ2) is 9.39. The third-order valence-corrected chi connectivity index (χ3v) is 7.20. The molecule has 0 saturated carbocycles. The number of benzene rings is 2. The van der Waals surface area contributed by atoms with Crippen molar-refractivity contribution in [2.75, 3.05) is 19.7 Å². The van der Waals surface area contributed by atoms with E-state index in [9.17, 15) is 14.7 Å². The van der Waals surface area contributed by atoms with E-state index in [1.807, 2.05) is 30.3 Å². The van der Waals surface area contributed by atoms with E-state index in [1.54, 1.807) is 16.0 Å². The molecule has 5 rings (SSSR count). The highest BCUT2D eigenvalue weighted by molar-refractivity contribution is 5.87. The number of fused-ring (bicyclic) bond motifs is 1. The molecule has 2 fully saturated rings. The normalized spacial score (nSPS) is 22.1. The summed E-state index contributed by atoms with van der Waals surface area (Å²) in [5.41, 5.74) is 5.41. The van der Waals surface area contributed by atoms with Crippen LogP contribution in [0.2, 0.25) is 0 Å². The molecule has 6 heteroatoms. The highest BCUT2D eigenvalue weighted by atomic mass is 16.3. The molecule has 0 unspecified atom stereocenters. The number of aryl methyl sites for hydroxylation is 1. The van der Waals surface area contributed by atoms with Crippen molar-refractivity contribution in [3.8, 4) is 11.1 Å². The summed E-state index contributed by atoms with van der Waals surface area (Å²) < 4.78 is 0. The molecule has 0 bridgehead atoms. The molecule has 2 saturated heterocycles. The summed E-state index contributed by atoms with van der Waals surface area (Å²) in [7, 11) is 0. The number of hydrogen-bond acceptors (Lipinski definition) is 4. The van der Waals surface area contributed by atoms with Crippen LogP contribution in [0.15, 0.2) is 72.9 Å². The lowest BCUT2D eigenvalue weighted by molar-refractivity contribution is -0.150. The van der Waals surface area contributed by atoms with Crippen molar-refractivity contribution in [1.29, 1.82) is 0 Å². The van der Waals surface area contributed by atoms with E-state index in [2.05, 4.69) is 48.3 Å². The van der Waals surface area contributed by atoms with Crippen LogP contribution >= 0.6 is 0 Å². The summed E-state index contributed by atoms with van der Waals surface area (Å²) in [6.07, 6.45) is 2.55. The number of aliphatic hydroxyl groups is 1. The van der Waals surface area contributed by atoms with Crippen LogP contribution in [0.3, 0.4) is 0 Å². The summed E-state index contributed by atoms with van der Waals surface area (Å²) in [5, 5.41) is 10.1. The molecule has 6 nitrogen and oxygen atoms in total. The van der Waals surface area contributed by atoms with E-state index in [0.29, 0.717) is 18.7 Å². The fraction of sp³-hybridized carbons (Fsp3) is 0.321. The Morgan fingerprint density at radius 3 is 2.53 bits per heavy atom. The number of carbonyl (C=O) groups excluding carboxylic acids is 2. The van der Waals surface area contributed by atoms with Crippen molar-refractivity contribution in [2.24, 2.45) is 0 Å². The quantitative estimate of drug-likeness (QED) is 0.641. The van der Waals surface area contributed by atoms with Crippen molar-refractivity contribution in [1.82, 2.24) is 14.8 Å². The largest absolute Gasteiger partial charge is 0.394 e. The van der Waals surface area contributed by atoms with Crippen LogP contribution < -0.4 is 0 Å². The molecule has 2 aliphatic heterocycles. The summed E-state index contributed by atoms with van der Waals surface area (Å²) >= 11 is 0. The lowest BCUT2D eigenvalue weighted by atomic mass is 9.73. The van der Waals surface area contributed by atoms with Gasteiger partial charge in [0.2, 0.25) is 11.8 Å². The molecule has 0 radical (unpaired) electrons. The molecule has 3 aromatic rings. The molecule has 0 aliphatic carbocycles. The van der Waals surface area contributed by atoms with Gasteiger partial charge in [0.15, 0.2) is 0 Å². The van der Waals surface area contributed by atoms with Gasteiger partial charge in [-0.15, -0.1) is 0 Å². The Hall–Kier alpha value is -3.51. The van der Waals surface area contributed by atoms with Crippen LogP contribution in [0.5, 0.6) is 0 Å². The maximum Gasteiger partial charge on any atom is 0.242 e. The molecule has 3 atom stereocenters. The minimum absolute atomic E-state index is 0.0124. The van der Waals surface area contributed by atoms with Crippen molar-refractivity contribution in [3.05, 3.63) is 89.7 Å². The Morgan fingerprint density at radius 2 is 1.82 bits per heavy atom. The van der Waals surface area contributed by atoms with E-state index < -0.39 is 0 Å². The molecule has 3 heterocycles. The highest BCUT2D eigenvalue weighted by Gasteiger charge is 2.52. The van der Waals surface area contributed by atoms with Crippen LogP contribution in [-0.2, 0) is 16.0 Å². The first-order chi connectivity index (χ1) is 16.6. The van der Waals surface area contributed by atoms with Gasteiger partial charge >= 0.3 is 0 Å². The number of hydrogen-bond donors (Lipinski definition) is 1. The minimum atomic E-state index is -0.257. The van der Waals surface area contributed by atoms with Crippen LogP contribution in [0, 0.1) is 6.92 Å². The number of aliphatic hydroxyl groups excluding tert-OH is 1. The third-order valence-electron chi connectivity index (χ3n) is 7.20. The average molecular weight is 456 g/mol. The zero-order chi connectivity index (χ0) is 23.7. The second-order valence-corrected chi connectivity index (χ2v) is 9.18. The average Bonchev–Trinajstić information content (AvgIpc) is 2.98. The summed E-state index contributed by atoms with van der Waals surface area (Å²) in [6.45, 7) is 2.59. The zero-order valence-electron chi connectivity index (χ0n) is 19.3. The maximum atomic E-state index is 13.1. The van der Waals surface area contributed by atoms with Crippen LogP contribution in [0.4, 0.5) is 0 Å². The first kappa shape index (κ1) is 22.3. The van der Waals surface area contributed by atoms with Crippen molar-refractivity contribution in [2.45, 2.75) is 37.8 Å². The van der Waals surface area contributed by atoms with Crippen LogP contribution in [-0.4, -0.2) is 63.5 Å². The predicted octanol–water partition coefficient (Wildman–Crippen LogP) is 3.19. The summed E-state index contributed by atoms with van der Waals surface area (Å²) in [6, 6.07) is 22.0. The van der Waals surface area contributed by atoms with E-state index in [4.69, 9.17) is 0 Å². The molecule has 2 aliphatic rings. The van der Waals surface area contributed by atoms with Gasteiger partial charge in [-0.3, -0.25) is 14.6 Å². The van der Waals surface area contributed by atoms with Gasteiger partial charge < -0.3 is 14.9 Å². The number of rotatable bonds is 5. The molecule has 1 N–H and O–H groups in total. The summed E-state index contributed by atoms with van der Waals surface area (Å²) in [4.78, 5) is 33.6. The molecule has 34 heavy (non-hydrogen) atoms. The number of nitrogens with zero attached hydrogens (tertiary/aromatic N) is 3. The summed E-state index contributed by atoms with van der Waals surface area (Å²) in [5.74, 6) is -0.122. The lowest BCUT2D eigenvalue weighted by Crippen LogP contribution is -2.65. The number of carbonyl (C=O) groups is 2. The Bertz CT molecular complexity index is 1180. The van der Waals surface area contributed by atoms with E-state index in [1.165, 1.54) is 11.1 Å². The minimum Gasteiger partial charge on any atom is -0.394 e. The second-order valence-electron chi connectivity index (χ2n) is 9.18. The highest BCUT2D eigenvalue weighted by Crippen LogP contribution is 2.44. The zero-order valence-corrected chi connectivity index (χ0v) is 19.3. The van der Waals surface area contributed by atoms with Crippen LogP contribution in [0.25, 0.3) is 11.1 Å². The Labute approximate surface area is 199 Å². The van der Waals surface area contributed by atoms with Gasteiger partial charge in [-0.2, -0.15) is 0 Å². The van der Waals surface area contributed by atoms with E-state index >= 15 is 0 Å². The van der Waals surface area contributed by atoms with Gasteiger partial charge in [0.1, 0.15) is 0 Å².